The van der Waals surface area contributed by atoms with E-state index in [0.717, 1.165) is 5.57 Å². The van der Waals surface area contributed by atoms with Gasteiger partial charge >= 0.3 is 0 Å². The maximum absolute atomic E-state index is 3.96. The second-order valence-corrected chi connectivity index (χ2v) is 2.83. The van der Waals surface area contributed by atoms with Crippen LogP contribution in [0.25, 0.3) is 5.57 Å². The lowest BCUT2D eigenvalue weighted by molar-refractivity contribution is 1.61. The Morgan fingerprint density at radius 3 is 2.33 bits per heavy atom. The maximum Gasteiger partial charge on any atom is -0.0117 e. The first-order chi connectivity index (χ1) is 5.88. The third-order valence-electron chi connectivity index (χ3n) is 1.99. The van der Waals surface area contributed by atoms with Gasteiger partial charge in [0.25, 0.3) is 0 Å². The summed E-state index contributed by atoms with van der Waals surface area (Å²) in [6.45, 7) is 3.96. The Bertz CT molecular complexity index is 353. The lowest BCUT2D eigenvalue weighted by Gasteiger charge is -2.02. The largest absolute Gasteiger partial charge is 0.0911 e. The quantitative estimate of drug-likeness (QED) is 0.582. The summed E-state index contributed by atoms with van der Waals surface area (Å²) in [6, 6.07) is 10.3. The summed E-state index contributed by atoms with van der Waals surface area (Å²) in [5.41, 5.74) is 3.57. The fraction of sp³-hybridized carbons (Fsp3) is 0. The van der Waals surface area contributed by atoms with E-state index in [9.17, 15) is 0 Å². The van der Waals surface area contributed by atoms with E-state index in [-0.39, 0.29) is 0 Å². The third-order valence-corrected chi connectivity index (χ3v) is 1.99. The molecule has 0 saturated carbocycles. The Labute approximate surface area is 72.5 Å². The summed E-state index contributed by atoms with van der Waals surface area (Å²) in [6.07, 6.45) is 6.16. The Hall–Kier alpha value is -1.56. The van der Waals surface area contributed by atoms with Gasteiger partial charge < -0.3 is 0 Å². The minimum atomic E-state index is 1.10. The van der Waals surface area contributed by atoms with Gasteiger partial charge in [0, 0.05) is 0 Å². The Morgan fingerprint density at radius 2 is 1.75 bits per heavy atom. The highest BCUT2D eigenvalue weighted by molar-refractivity contribution is 5.85. The van der Waals surface area contributed by atoms with Crippen molar-refractivity contribution >= 4 is 5.57 Å². The number of benzene rings is 1. The first kappa shape index (κ1) is 7.11. The molecule has 0 unspecified atom stereocenters. The number of allylic oxidation sites excluding steroid dienone is 5. The van der Waals surface area contributed by atoms with Crippen molar-refractivity contribution in [2.24, 2.45) is 0 Å². The molecule has 0 atom stereocenters. The maximum atomic E-state index is 3.96. The molecule has 0 fully saturated rings. The van der Waals surface area contributed by atoms with Crippen LogP contribution in [0.4, 0.5) is 0 Å². The first-order valence-corrected chi connectivity index (χ1v) is 4.01. The van der Waals surface area contributed by atoms with Crippen LogP contribution in [-0.4, -0.2) is 0 Å². The molecule has 0 saturated heterocycles. The molecule has 0 N–H and O–H groups in total. The first-order valence-electron chi connectivity index (χ1n) is 4.01. The highest BCUT2D eigenvalue weighted by Gasteiger charge is 2.04. The zero-order valence-corrected chi connectivity index (χ0v) is 6.83. The molecule has 0 nitrogen and oxygen atoms in total. The van der Waals surface area contributed by atoms with Crippen LogP contribution in [0.1, 0.15) is 5.56 Å². The van der Waals surface area contributed by atoms with Gasteiger partial charge in [-0.25, -0.2) is 0 Å². The van der Waals surface area contributed by atoms with Gasteiger partial charge in [-0.2, -0.15) is 0 Å². The van der Waals surface area contributed by atoms with Crippen molar-refractivity contribution in [2.75, 3.05) is 0 Å². The van der Waals surface area contributed by atoms with Crippen LogP contribution >= 0.6 is 0 Å². The predicted octanol–water partition coefficient (Wildman–Crippen LogP) is 3.20. The van der Waals surface area contributed by atoms with Crippen molar-refractivity contribution in [3.63, 3.8) is 0 Å². The second-order valence-electron chi connectivity index (χ2n) is 2.83. The van der Waals surface area contributed by atoms with Crippen LogP contribution in [0.3, 0.4) is 0 Å². The van der Waals surface area contributed by atoms with E-state index in [1.54, 1.807) is 0 Å². The SMILES string of the molecule is C=C1C=CC=C1c1ccccc1. The molecule has 0 aromatic heterocycles. The van der Waals surface area contributed by atoms with E-state index in [2.05, 4.69) is 24.8 Å². The topological polar surface area (TPSA) is 0 Å². The molecular formula is C12H10. The molecule has 1 aliphatic carbocycles. The van der Waals surface area contributed by atoms with Crippen LogP contribution < -0.4 is 0 Å². The van der Waals surface area contributed by atoms with Gasteiger partial charge in [0.2, 0.25) is 0 Å². The fourth-order valence-electron chi connectivity index (χ4n) is 1.36. The molecule has 0 amide bonds. The lowest BCUT2D eigenvalue weighted by Crippen LogP contribution is -1.81. The smallest absolute Gasteiger partial charge is 0.0117 e. The van der Waals surface area contributed by atoms with Crippen molar-refractivity contribution in [1.29, 1.82) is 0 Å². The van der Waals surface area contributed by atoms with E-state index >= 15 is 0 Å². The summed E-state index contributed by atoms with van der Waals surface area (Å²) in [4.78, 5) is 0. The minimum absolute atomic E-state index is 1.10. The zero-order chi connectivity index (χ0) is 8.39. The van der Waals surface area contributed by atoms with Crippen LogP contribution in [0.2, 0.25) is 0 Å². The lowest BCUT2D eigenvalue weighted by atomic mass is 10.0. The van der Waals surface area contributed by atoms with Crippen molar-refractivity contribution in [1.82, 2.24) is 0 Å². The molecule has 58 valence electrons. The summed E-state index contributed by atoms with van der Waals surface area (Å²) >= 11 is 0. The van der Waals surface area contributed by atoms with Gasteiger partial charge in [-0.05, 0) is 16.7 Å². The molecule has 0 aliphatic heterocycles. The Kier molecular flexibility index (Phi) is 1.67. The minimum Gasteiger partial charge on any atom is -0.0911 e. The monoisotopic (exact) mass is 154 g/mol. The van der Waals surface area contributed by atoms with Crippen molar-refractivity contribution in [3.8, 4) is 0 Å². The molecular weight excluding hydrogens is 144 g/mol. The standard InChI is InChI=1S/C12H10/c1-10-6-5-9-12(10)11-7-3-2-4-8-11/h2-9H,1H2. The normalized spacial score (nSPS) is 15.0. The van der Waals surface area contributed by atoms with Crippen LogP contribution in [0.15, 0.2) is 60.7 Å². The van der Waals surface area contributed by atoms with E-state index < -0.39 is 0 Å². The van der Waals surface area contributed by atoms with Crippen LogP contribution in [0.5, 0.6) is 0 Å². The summed E-state index contributed by atoms with van der Waals surface area (Å²) in [5.74, 6) is 0. The highest BCUT2D eigenvalue weighted by atomic mass is 14.1. The number of rotatable bonds is 1. The van der Waals surface area contributed by atoms with Gasteiger partial charge in [-0.3, -0.25) is 0 Å². The van der Waals surface area contributed by atoms with E-state index in [1.807, 2.05) is 30.4 Å². The molecule has 2 rings (SSSR count). The highest BCUT2D eigenvalue weighted by Crippen LogP contribution is 2.26. The predicted molar refractivity (Wildman–Crippen MR) is 52.7 cm³/mol. The second kappa shape index (κ2) is 2.82. The van der Waals surface area contributed by atoms with Crippen LogP contribution in [-0.2, 0) is 0 Å². The molecule has 1 aromatic rings. The van der Waals surface area contributed by atoms with E-state index in [1.165, 1.54) is 11.1 Å². The average molecular weight is 154 g/mol. The third kappa shape index (κ3) is 1.12. The van der Waals surface area contributed by atoms with Crippen molar-refractivity contribution in [3.05, 3.63) is 66.3 Å². The average Bonchev–Trinajstić information content (AvgIpc) is 2.53. The van der Waals surface area contributed by atoms with Gasteiger partial charge in [-0.15, -0.1) is 0 Å². The summed E-state index contributed by atoms with van der Waals surface area (Å²) < 4.78 is 0. The number of hydrogen-bond acceptors (Lipinski definition) is 0. The van der Waals surface area contributed by atoms with E-state index in [4.69, 9.17) is 0 Å². The van der Waals surface area contributed by atoms with Gasteiger partial charge in [0.15, 0.2) is 0 Å². The molecule has 0 bridgehead atoms. The molecule has 0 heterocycles. The van der Waals surface area contributed by atoms with Crippen molar-refractivity contribution < 1.29 is 0 Å². The molecule has 0 radical (unpaired) electrons. The molecule has 1 aliphatic rings. The van der Waals surface area contributed by atoms with Crippen molar-refractivity contribution in [2.45, 2.75) is 0 Å². The van der Waals surface area contributed by atoms with Gasteiger partial charge in [0.05, 0.1) is 0 Å². The number of hydrogen-bond donors (Lipinski definition) is 0. The summed E-state index contributed by atoms with van der Waals surface area (Å²) in [7, 11) is 0. The molecule has 12 heavy (non-hydrogen) atoms. The Morgan fingerprint density at radius 1 is 1.00 bits per heavy atom. The fourth-order valence-corrected chi connectivity index (χ4v) is 1.36. The molecule has 1 aromatic carbocycles. The summed E-state index contributed by atoms with van der Waals surface area (Å²) in [5, 5.41) is 0. The Balaban J connectivity index is 2.40. The van der Waals surface area contributed by atoms with E-state index in [0.29, 0.717) is 0 Å². The van der Waals surface area contributed by atoms with Gasteiger partial charge in [0.1, 0.15) is 0 Å². The van der Waals surface area contributed by atoms with Crippen LogP contribution in [0, 0.1) is 0 Å². The van der Waals surface area contributed by atoms with Gasteiger partial charge in [-0.1, -0.05) is 55.1 Å². The zero-order valence-electron chi connectivity index (χ0n) is 6.83. The molecule has 0 heteroatoms. The molecule has 0 spiro atoms.